The van der Waals surface area contributed by atoms with Crippen molar-refractivity contribution < 1.29 is 17.9 Å². The van der Waals surface area contributed by atoms with Crippen LogP contribution in [0.3, 0.4) is 0 Å². The van der Waals surface area contributed by atoms with E-state index in [0.717, 1.165) is 11.3 Å². The lowest BCUT2D eigenvalue weighted by molar-refractivity contribution is -0.119. The van der Waals surface area contributed by atoms with Crippen molar-refractivity contribution in [2.24, 2.45) is 5.73 Å². The van der Waals surface area contributed by atoms with Crippen molar-refractivity contribution >= 4 is 44.6 Å². The lowest BCUT2D eigenvalue weighted by Crippen LogP contribution is -2.20. The summed E-state index contributed by atoms with van der Waals surface area (Å²) in [6.07, 6.45) is 1.18. The van der Waals surface area contributed by atoms with Crippen molar-refractivity contribution in [3.8, 4) is 5.75 Å². The number of hydrogen-bond acceptors (Lipinski definition) is 6. The molecular formula is C11H10ClN3O4S2. The maximum Gasteiger partial charge on any atom is 0.273 e. The number of rotatable bonds is 6. The van der Waals surface area contributed by atoms with Crippen LogP contribution in [0.4, 0.5) is 5.69 Å². The average Bonchev–Trinajstić information content (AvgIpc) is 2.85. The number of halogens is 1. The Balaban J connectivity index is 2.08. The molecule has 0 radical (unpaired) electrons. The summed E-state index contributed by atoms with van der Waals surface area (Å²) in [6.45, 7) is -0.246. The van der Waals surface area contributed by atoms with Crippen molar-refractivity contribution in [2.75, 3.05) is 11.3 Å². The molecule has 0 saturated carbocycles. The monoisotopic (exact) mass is 347 g/mol. The fraction of sp³-hybridized carbons (Fsp3) is 0.0909. The smallest absolute Gasteiger partial charge is 0.273 e. The number of sulfonamides is 1. The highest BCUT2D eigenvalue weighted by Gasteiger charge is 2.17. The fourth-order valence-corrected chi connectivity index (χ4v) is 3.69. The number of hydrogen-bond donors (Lipinski definition) is 2. The van der Waals surface area contributed by atoms with Gasteiger partial charge in [0.1, 0.15) is 5.75 Å². The van der Waals surface area contributed by atoms with Gasteiger partial charge in [-0.2, -0.15) is 0 Å². The molecule has 2 aromatic rings. The van der Waals surface area contributed by atoms with E-state index in [9.17, 15) is 13.2 Å². The van der Waals surface area contributed by atoms with Gasteiger partial charge in [0.2, 0.25) is 0 Å². The molecule has 1 amide bonds. The quantitative estimate of drug-likeness (QED) is 0.821. The van der Waals surface area contributed by atoms with Crippen LogP contribution in [0, 0.1) is 0 Å². The van der Waals surface area contributed by atoms with Gasteiger partial charge in [0.05, 0.1) is 6.20 Å². The van der Waals surface area contributed by atoms with Crippen LogP contribution in [-0.2, 0) is 14.8 Å². The Morgan fingerprint density at radius 3 is 2.57 bits per heavy atom. The number of carbonyl (C=O) groups is 1. The third-order valence-electron chi connectivity index (χ3n) is 2.21. The molecule has 0 aliphatic carbocycles. The highest BCUT2D eigenvalue weighted by Crippen LogP contribution is 2.25. The zero-order valence-corrected chi connectivity index (χ0v) is 12.8. The number of nitrogens with one attached hydrogen (secondary N) is 1. The zero-order chi connectivity index (χ0) is 15.5. The fourth-order valence-electron chi connectivity index (χ4n) is 1.34. The van der Waals surface area contributed by atoms with Crippen molar-refractivity contribution in [1.82, 2.24) is 4.98 Å². The van der Waals surface area contributed by atoms with Crippen LogP contribution in [0.2, 0.25) is 4.47 Å². The van der Waals surface area contributed by atoms with Crippen LogP contribution < -0.4 is 15.2 Å². The van der Waals surface area contributed by atoms with Gasteiger partial charge >= 0.3 is 0 Å². The lowest BCUT2D eigenvalue weighted by atomic mass is 10.3. The van der Waals surface area contributed by atoms with E-state index in [2.05, 4.69) is 9.71 Å². The zero-order valence-electron chi connectivity index (χ0n) is 10.4. The summed E-state index contributed by atoms with van der Waals surface area (Å²) in [5, 5.41) is 0. The molecule has 0 fully saturated rings. The average molecular weight is 348 g/mol. The van der Waals surface area contributed by atoms with Crippen LogP contribution in [0.25, 0.3) is 0 Å². The molecule has 3 N–H and O–H groups in total. The molecule has 0 spiro atoms. The molecule has 1 heterocycles. The Kier molecular flexibility index (Phi) is 4.66. The first kappa shape index (κ1) is 15.5. The summed E-state index contributed by atoms with van der Waals surface area (Å²) in [5.41, 5.74) is 5.29. The Bertz CT molecular complexity index is 743. The summed E-state index contributed by atoms with van der Waals surface area (Å²) in [5.74, 6) is -0.195. The highest BCUT2D eigenvalue weighted by atomic mass is 35.5. The van der Waals surface area contributed by atoms with Crippen molar-refractivity contribution in [1.29, 1.82) is 0 Å². The summed E-state index contributed by atoms with van der Waals surface area (Å²) in [7, 11) is -3.72. The lowest BCUT2D eigenvalue weighted by Gasteiger charge is -2.07. The molecule has 1 aromatic carbocycles. The molecule has 10 heteroatoms. The number of anilines is 1. The van der Waals surface area contributed by atoms with Gasteiger partial charge in [-0.05, 0) is 24.3 Å². The molecule has 1 aromatic heterocycles. The van der Waals surface area contributed by atoms with Gasteiger partial charge in [-0.1, -0.05) is 22.9 Å². The molecule has 21 heavy (non-hydrogen) atoms. The molecular weight excluding hydrogens is 338 g/mol. The summed E-state index contributed by atoms with van der Waals surface area (Å²) in [4.78, 5) is 14.3. The van der Waals surface area contributed by atoms with Gasteiger partial charge in [0, 0.05) is 5.69 Å². The molecule has 0 saturated heterocycles. The van der Waals surface area contributed by atoms with Gasteiger partial charge in [0.15, 0.2) is 15.3 Å². The van der Waals surface area contributed by atoms with Gasteiger partial charge in [0.25, 0.3) is 15.9 Å². The van der Waals surface area contributed by atoms with Crippen LogP contribution >= 0.6 is 22.9 Å². The molecule has 0 aliphatic heterocycles. The number of amides is 1. The van der Waals surface area contributed by atoms with E-state index in [-0.39, 0.29) is 15.3 Å². The predicted octanol–water partition coefficient (Wildman–Crippen LogP) is 1.46. The SMILES string of the molecule is NC(=O)COc1ccc(NS(=O)(=O)c2cnc(Cl)s2)cc1. The second-order valence-electron chi connectivity index (χ2n) is 3.82. The molecule has 7 nitrogen and oxygen atoms in total. The maximum atomic E-state index is 12.0. The molecule has 0 atom stereocenters. The second kappa shape index (κ2) is 6.29. The summed E-state index contributed by atoms with van der Waals surface area (Å²) < 4.78 is 31.6. The third-order valence-corrected chi connectivity index (χ3v) is 5.17. The van der Waals surface area contributed by atoms with E-state index in [4.69, 9.17) is 22.1 Å². The highest BCUT2D eigenvalue weighted by molar-refractivity contribution is 7.94. The number of nitrogens with two attached hydrogens (primary N) is 1. The van der Waals surface area contributed by atoms with Crippen LogP contribution in [0.1, 0.15) is 0 Å². The first-order valence-electron chi connectivity index (χ1n) is 5.52. The Morgan fingerprint density at radius 1 is 1.38 bits per heavy atom. The standard InChI is InChI=1S/C11H10ClN3O4S2/c12-11-14-5-10(20-11)21(17,18)15-7-1-3-8(4-2-7)19-6-9(13)16/h1-5,15H,6H2,(H2,13,16). The van der Waals surface area contributed by atoms with Gasteiger partial charge in [-0.15, -0.1) is 0 Å². The van der Waals surface area contributed by atoms with Crippen molar-refractivity contribution in [3.63, 3.8) is 0 Å². The Morgan fingerprint density at radius 2 is 2.05 bits per heavy atom. The van der Waals surface area contributed by atoms with Crippen LogP contribution in [0.15, 0.2) is 34.7 Å². The predicted molar refractivity (Wildman–Crippen MR) is 79.1 cm³/mol. The number of aromatic nitrogens is 1. The number of thiazole rings is 1. The van der Waals surface area contributed by atoms with E-state index >= 15 is 0 Å². The normalized spacial score (nSPS) is 11.1. The molecule has 2 rings (SSSR count). The first-order chi connectivity index (χ1) is 9.87. The van der Waals surface area contributed by atoms with Crippen molar-refractivity contribution in [3.05, 3.63) is 34.9 Å². The van der Waals surface area contributed by atoms with Gasteiger partial charge < -0.3 is 10.5 Å². The maximum absolute atomic E-state index is 12.0. The first-order valence-corrected chi connectivity index (χ1v) is 8.20. The van der Waals surface area contributed by atoms with E-state index in [1.165, 1.54) is 30.5 Å². The molecule has 112 valence electrons. The van der Waals surface area contributed by atoms with E-state index in [1.807, 2.05) is 0 Å². The number of ether oxygens (including phenoxy) is 1. The molecule has 0 bridgehead atoms. The minimum absolute atomic E-state index is 0.0153. The number of primary amides is 1. The largest absolute Gasteiger partial charge is 0.484 e. The van der Waals surface area contributed by atoms with Gasteiger partial charge in [-0.25, -0.2) is 13.4 Å². The summed E-state index contributed by atoms with van der Waals surface area (Å²) in [6, 6.07) is 6.02. The van der Waals surface area contributed by atoms with E-state index < -0.39 is 15.9 Å². The minimum Gasteiger partial charge on any atom is -0.484 e. The minimum atomic E-state index is -3.72. The van der Waals surface area contributed by atoms with E-state index in [1.54, 1.807) is 0 Å². The van der Waals surface area contributed by atoms with Crippen LogP contribution in [-0.4, -0.2) is 25.9 Å². The Hall–Kier alpha value is -1.84. The Labute approximate surface area is 129 Å². The topological polar surface area (TPSA) is 111 Å². The number of carbonyl (C=O) groups excluding carboxylic acids is 1. The number of benzene rings is 1. The third kappa shape index (κ3) is 4.31. The van der Waals surface area contributed by atoms with E-state index in [0.29, 0.717) is 11.4 Å². The number of nitrogens with zero attached hydrogens (tertiary/aromatic N) is 1. The second-order valence-corrected chi connectivity index (χ2v) is 7.34. The van der Waals surface area contributed by atoms with Gasteiger partial charge in [-0.3, -0.25) is 9.52 Å². The molecule has 0 unspecified atom stereocenters. The summed E-state index contributed by atoms with van der Waals surface area (Å²) >= 11 is 6.47. The van der Waals surface area contributed by atoms with Crippen LogP contribution in [0.5, 0.6) is 5.75 Å². The van der Waals surface area contributed by atoms with Crippen molar-refractivity contribution in [2.45, 2.75) is 4.21 Å². The molecule has 0 aliphatic rings.